The van der Waals surface area contributed by atoms with Gasteiger partial charge in [-0.05, 0) is 23.7 Å². The zero-order chi connectivity index (χ0) is 7.94. The van der Waals surface area contributed by atoms with Crippen LogP contribution in [-0.2, 0) is 0 Å². The largest absolute Gasteiger partial charge is 0.465 e. The van der Waals surface area contributed by atoms with E-state index in [-0.39, 0.29) is 0 Å². The highest BCUT2D eigenvalue weighted by Gasteiger charge is 1.84. The number of furan rings is 1. The van der Waals surface area contributed by atoms with Gasteiger partial charge in [-0.15, -0.1) is 0 Å². The SMILES string of the molecule is [N-]=[N+]=NCC=Cc1ccco1. The van der Waals surface area contributed by atoms with Crippen molar-refractivity contribution in [3.05, 3.63) is 40.7 Å². The molecule has 4 nitrogen and oxygen atoms in total. The molecule has 0 radical (unpaired) electrons. The van der Waals surface area contributed by atoms with Crippen LogP contribution in [0.3, 0.4) is 0 Å². The van der Waals surface area contributed by atoms with Gasteiger partial charge >= 0.3 is 0 Å². The Labute approximate surface area is 63.8 Å². The van der Waals surface area contributed by atoms with Crippen LogP contribution in [0.4, 0.5) is 0 Å². The molecule has 0 aliphatic carbocycles. The van der Waals surface area contributed by atoms with Gasteiger partial charge in [0.2, 0.25) is 0 Å². The predicted octanol–water partition coefficient (Wildman–Crippen LogP) is 2.60. The van der Waals surface area contributed by atoms with E-state index in [1.165, 1.54) is 0 Å². The fourth-order valence-electron chi connectivity index (χ4n) is 0.639. The van der Waals surface area contributed by atoms with E-state index in [0.29, 0.717) is 6.54 Å². The Bertz CT molecular complexity index is 270. The Kier molecular flexibility index (Phi) is 2.84. The average Bonchev–Trinajstić information content (AvgIpc) is 2.50. The maximum atomic E-state index is 7.92. The summed E-state index contributed by atoms with van der Waals surface area (Å²) in [5.74, 6) is 0.762. The third-order valence-corrected chi connectivity index (χ3v) is 1.08. The van der Waals surface area contributed by atoms with Crippen LogP contribution in [0, 0.1) is 0 Å². The van der Waals surface area contributed by atoms with Gasteiger partial charge in [-0.3, -0.25) is 0 Å². The lowest BCUT2D eigenvalue weighted by Crippen LogP contribution is -1.66. The first-order valence-electron chi connectivity index (χ1n) is 3.14. The van der Waals surface area contributed by atoms with Gasteiger partial charge in [-0.2, -0.15) is 0 Å². The molecule has 0 saturated heterocycles. The van der Waals surface area contributed by atoms with Crippen LogP contribution in [0.2, 0.25) is 0 Å². The molecular weight excluding hydrogens is 142 g/mol. The molecule has 1 aromatic heterocycles. The van der Waals surface area contributed by atoms with Crippen molar-refractivity contribution in [2.45, 2.75) is 0 Å². The zero-order valence-corrected chi connectivity index (χ0v) is 5.84. The van der Waals surface area contributed by atoms with Gasteiger partial charge in [0.05, 0.1) is 6.26 Å². The molecule has 1 rings (SSSR count). The van der Waals surface area contributed by atoms with Crippen LogP contribution in [0.15, 0.2) is 34.0 Å². The highest BCUT2D eigenvalue weighted by molar-refractivity contribution is 5.42. The summed E-state index contributed by atoms with van der Waals surface area (Å²) < 4.78 is 4.99. The minimum absolute atomic E-state index is 0.358. The third kappa shape index (κ3) is 2.60. The van der Waals surface area contributed by atoms with E-state index in [1.807, 2.05) is 6.07 Å². The third-order valence-electron chi connectivity index (χ3n) is 1.08. The normalized spacial score (nSPS) is 9.82. The molecule has 0 spiro atoms. The Morgan fingerprint density at radius 3 is 3.27 bits per heavy atom. The molecule has 4 heteroatoms. The lowest BCUT2D eigenvalue weighted by molar-refractivity contribution is 0.557. The molecule has 0 atom stereocenters. The summed E-state index contributed by atoms with van der Waals surface area (Å²) in [7, 11) is 0. The Balaban J connectivity index is 2.42. The van der Waals surface area contributed by atoms with Gasteiger partial charge < -0.3 is 4.42 Å². The average molecular weight is 149 g/mol. The summed E-state index contributed by atoms with van der Waals surface area (Å²) in [5, 5.41) is 3.32. The number of azide groups is 1. The summed E-state index contributed by atoms with van der Waals surface area (Å²) in [6.07, 6.45) is 5.08. The van der Waals surface area contributed by atoms with Crippen molar-refractivity contribution in [1.82, 2.24) is 0 Å². The van der Waals surface area contributed by atoms with Gasteiger partial charge in [-0.1, -0.05) is 11.2 Å². The topological polar surface area (TPSA) is 61.9 Å². The summed E-state index contributed by atoms with van der Waals surface area (Å²) >= 11 is 0. The molecule has 0 unspecified atom stereocenters. The smallest absolute Gasteiger partial charge is 0.126 e. The molecule has 11 heavy (non-hydrogen) atoms. The van der Waals surface area contributed by atoms with Crippen molar-refractivity contribution in [2.75, 3.05) is 6.54 Å². The molecule has 0 N–H and O–H groups in total. The quantitative estimate of drug-likeness (QED) is 0.370. The summed E-state index contributed by atoms with van der Waals surface area (Å²) in [6, 6.07) is 3.62. The second-order valence-electron chi connectivity index (χ2n) is 1.83. The predicted molar refractivity (Wildman–Crippen MR) is 41.8 cm³/mol. The van der Waals surface area contributed by atoms with E-state index in [0.717, 1.165) is 5.76 Å². The van der Waals surface area contributed by atoms with E-state index in [9.17, 15) is 0 Å². The summed E-state index contributed by atoms with van der Waals surface area (Å²) in [6.45, 7) is 0.358. The van der Waals surface area contributed by atoms with Crippen LogP contribution in [0.1, 0.15) is 5.76 Å². The molecule has 0 bridgehead atoms. The van der Waals surface area contributed by atoms with E-state index >= 15 is 0 Å². The minimum Gasteiger partial charge on any atom is -0.465 e. The second kappa shape index (κ2) is 4.19. The minimum atomic E-state index is 0.358. The van der Waals surface area contributed by atoms with Gasteiger partial charge in [-0.25, -0.2) is 0 Å². The summed E-state index contributed by atoms with van der Waals surface area (Å²) in [5.41, 5.74) is 7.92. The molecule has 0 aromatic carbocycles. The molecule has 0 fully saturated rings. The molecule has 1 heterocycles. The fourth-order valence-corrected chi connectivity index (χ4v) is 0.639. The first kappa shape index (κ1) is 7.44. The van der Waals surface area contributed by atoms with Crippen molar-refractivity contribution in [1.29, 1.82) is 0 Å². The lowest BCUT2D eigenvalue weighted by Gasteiger charge is -1.79. The van der Waals surface area contributed by atoms with Crippen molar-refractivity contribution >= 4 is 6.08 Å². The molecule has 0 aliphatic rings. The van der Waals surface area contributed by atoms with Gasteiger partial charge in [0.1, 0.15) is 5.76 Å². The van der Waals surface area contributed by atoms with E-state index < -0.39 is 0 Å². The second-order valence-corrected chi connectivity index (χ2v) is 1.83. The van der Waals surface area contributed by atoms with Crippen LogP contribution in [0.5, 0.6) is 0 Å². The van der Waals surface area contributed by atoms with Crippen LogP contribution in [-0.4, -0.2) is 6.54 Å². The number of hydrogen-bond donors (Lipinski definition) is 0. The molecule has 0 aliphatic heterocycles. The van der Waals surface area contributed by atoms with Gasteiger partial charge in [0.25, 0.3) is 0 Å². The Morgan fingerprint density at radius 1 is 1.73 bits per heavy atom. The molecular formula is C7H7N3O. The maximum Gasteiger partial charge on any atom is 0.126 e. The van der Waals surface area contributed by atoms with Crippen molar-refractivity contribution in [2.24, 2.45) is 5.11 Å². The number of hydrogen-bond acceptors (Lipinski definition) is 2. The fraction of sp³-hybridized carbons (Fsp3) is 0.143. The van der Waals surface area contributed by atoms with Crippen LogP contribution < -0.4 is 0 Å². The standard InChI is InChI=1S/C7H7N3O/c8-10-9-5-1-3-7-4-2-6-11-7/h1-4,6H,5H2. The van der Waals surface area contributed by atoms with Crippen molar-refractivity contribution in [3.8, 4) is 0 Å². The molecule has 56 valence electrons. The monoisotopic (exact) mass is 149 g/mol. The Hall–Kier alpha value is -1.67. The van der Waals surface area contributed by atoms with E-state index in [2.05, 4.69) is 10.0 Å². The highest BCUT2D eigenvalue weighted by atomic mass is 16.3. The maximum absolute atomic E-state index is 7.92. The first-order valence-corrected chi connectivity index (χ1v) is 3.14. The highest BCUT2D eigenvalue weighted by Crippen LogP contribution is 2.01. The van der Waals surface area contributed by atoms with Gasteiger partial charge in [0, 0.05) is 11.5 Å². The lowest BCUT2D eigenvalue weighted by atomic mass is 10.4. The Morgan fingerprint density at radius 2 is 2.64 bits per heavy atom. The molecule has 1 aromatic rings. The van der Waals surface area contributed by atoms with Crippen LogP contribution >= 0.6 is 0 Å². The number of rotatable bonds is 3. The van der Waals surface area contributed by atoms with Crippen LogP contribution in [0.25, 0.3) is 16.5 Å². The first-order chi connectivity index (χ1) is 5.43. The molecule has 0 saturated carbocycles. The van der Waals surface area contributed by atoms with Crippen molar-refractivity contribution in [3.63, 3.8) is 0 Å². The van der Waals surface area contributed by atoms with Crippen molar-refractivity contribution < 1.29 is 4.42 Å². The molecule has 0 amide bonds. The zero-order valence-electron chi connectivity index (χ0n) is 5.84. The number of nitrogens with zero attached hydrogens (tertiary/aromatic N) is 3. The van der Waals surface area contributed by atoms with Gasteiger partial charge in [0.15, 0.2) is 0 Å². The van der Waals surface area contributed by atoms with E-state index in [4.69, 9.17) is 9.95 Å². The summed E-state index contributed by atoms with van der Waals surface area (Å²) in [4.78, 5) is 2.60. The van der Waals surface area contributed by atoms with E-state index in [1.54, 1.807) is 24.5 Å².